The second kappa shape index (κ2) is 4.97. The average molecular weight is 229 g/mol. The molecule has 0 amide bonds. The van der Waals surface area contributed by atoms with E-state index in [-0.39, 0.29) is 5.75 Å². The molecule has 2 aromatic rings. The second-order valence-corrected chi connectivity index (χ2v) is 4.15. The highest BCUT2D eigenvalue weighted by Gasteiger charge is 2.09. The van der Waals surface area contributed by atoms with Crippen LogP contribution in [0.4, 0.5) is 0 Å². The van der Waals surface area contributed by atoms with Gasteiger partial charge in [-0.1, -0.05) is 18.2 Å². The Morgan fingerprint density at radius 3 is 2.71 bits per heavy atom. The van der Waals surface area contributed by atoms with Crippen LogP contribution in [0.3, 0.4) is 0 Å². The van der Waals surface area contributed by atoms with Crippen LogP contribution in [-0.4, -0.2) is 15.2 Å². The van der Waals surface area contributed by atoms with Crippen molar-refractivity contribution < 1.29 is 10.2 Å². The number of aromatic hydroxyl groups is 1. The Morgan fingerprint density at radius 1 is 1.24 bits per heavy atom. The van der Waals surface area contributed by atoms with Crippen LogP contribution in [0.25, 0.3) is 0 Å². The molecule has 1 heterocycles. The number of hydrogen-bond acceptors (Lipinski definition) is 3. The number of hydrogen-bond donors (Lipinski definition) is 2. The van der Waals surface area contributed by atoms with Crippen LogP contribution in [0.5, 0.6) is 5.75 Å². The predicted octanol–water partition coefficient (Wildman–Crippen LogP) is 2.37. The molecule has 88 valence electrons. The number of phenolic OH excluding ortho intramolecular Hbond substituents is 1. The first-order valence-electron chi connectivity index (χ1n) is 5.53. The van der Waals surface area contributed by atoms with Gasteiger partial charge in [0.1, 0.15) is 5.75 Å². The third kappa shape index (κ3) is 3.04. The summed E-state index contributed by atoms with van der Waals surface area (Å²) in [5, 5.41) is 19.3. The van der Waals surface area contributed by atoms with Crippen molar-refractivity contribution >= 4 is 0 Å². The second-order valence-electron chi connectivity index (χ2n) is 4.15. The van der Waals surface area contributed by atoms with Gasteiger partial charge in [0.25, 0.3) is 0 Å². The number of aliphatic hydroxyl groups excluding tert-OH is 1. The zero-order valence-electron chi connectivity index (χ0n) is 9.67. The normalized spacial score (nSPS) is 12.4. The van der Waals surface area contributed by atoms with Crippen LogP contribution in [0, 0.1) is 6.92 Å². The fraction of sp³-hybridized carbons (Fsp3) is 0.214. The molecule has 0 radical (unpaired) electrons. The lowest BCUT2D eigenvalue weighted by Gasteiger charge is -2.10. The van der Waals surface area contributed by atoms with E-state index in [0.717, 1.165) is 11.1 Å². The summed E-state index contributed by atoms with van der Waals surface area (Å²) in [5.74, 6) is 0.214. The van der Waals surface area contributed by atoms with E-state index in [1.807, 2.05) is 25.1 Å². The topological polar surface area (TPSA) is 53.4 Å². The van der Waals surface area contributed by atoms with Gasteiger partial charge in [-0.25, -0.2) is 0 Å². The molecule has 1 atom stereocenters. The number of phenols is 1. The smallest absolute Gasteiger partial charge is 0.115 e. The molecular weight excluding hydrogens is 214 g/mol. The van der Waals surface area contributed by atoms with Crippen molar-refractivity contribution in [2.75, 3.05) is 0 Å². The molecule has 0 aliphatic heterocycles. The minimum atomic E-state index is -0.641. The van der Waals surface area contributed by atoms with Crippen LogP contribution >= 0.6 is 0 Å². The van der Waals surface area contributed by atoms with E-state index in [4.69, 9.17) is 0 Å². The summed E-state index contributed by atoms with van der Waals surface area (Å²) in [4.78, 5) is 4.18. The third-order valence-electron chi connectivity index (χ3n) is 2.62. The number of aryl methyl sites for hydroxylation is 1. The Kier molecular flexibility index (Phi) is 3.40. The van der Waals surface area contributed by atoms with Gasteiger partial charge in [-0.15, -0.1) is 0 Å². The molecule has 3 nitrogen and oxygen atoms in total. The molecule has 0 saturated heterocycles. The maximum Gasteiger partial charge on any atom is 0.115 e. The van der Waals surface area contributed by atoms with Crippen molar-refractivity contribution in [2.24, 2.45) is 0 Å². The van der Waals surface area contributed by atoms with E-state index >= 15 is 0 Å². The number of nitrogens with zero attached hydrogens (tertiary/aromatic N) is 1. The molecule has 0 aliphatic rings. The zero-order valence-corrected chi connectivity index (χ0v) is 9.67. The van der Waals surface area contributed by atoms with Gasteiger partial charge in [0.05, 0.1) is 11.8 Å². The lowest BCUT2D eigenvalue weighted by atomic mass is 10.0. The molecular formula is C14H15NO2. The molecule has 0 spiro atoms. The van der Waals surface area contributed by atoms with Gasteiger partial charge < -0.3 is 10.2 Å². The summed E-state index contributed by atoms with van der Waals surface area (Å²) in [6.07, 6.45) is 1.54. The highest BCUT2D eigenvalue weighted by atomic mass is 16.3. The van der Waals surface area contributed by atoms with Gasteiger partial charge in [-0.3, -0.25) is 4.98 Å². The van der Waals surface area contributed by atoms with Crippen LogP contribution < -0.4 is 0 Å². The maximum atomic E-state index is 10.0. The van der Waals surface area contributed by atoms with Crippen LogP contribution in [0.15, 0.2) is 42.6 Å². The molecule has 0 bridgehead atoms. The molecule has 1 aromatic heterocycles. The summed E-state index contributed by atoms with van der Waals surface area (Å²) in [5.41, 5.74) is 2.61. The summed E-state index contributed by atoms with van der Waals surface area (Å²) in [7, 11) is 0. The van der Waals surface area contributed by atoms with E-state index in [1.165, 1.54) is 0 Å². The summed E-state index contributed by atoms with van der Waals surface area (Å²) in [6.45, 7) is 1.96. The van der Waals surface area contributed by atoms with E-state index in [1.54, 1.807) is 24.4 Å². The minimum absolute atomic E-state index is 0.214. The predicted molar refractivity (Wildman–Crippen MR) is 65.7 cm³/mol. The van der Waals surface area contributed by atoms with Crippen molar-refractivity contribution in [3.63, 3.8) is 0 Å². The quantitative estimate of drug-likeness (QED) is 0.849. The number of benzene rings is 1. The Bertz CT molecular complexity index is 494. The summed E-state index contributed by atoms with van der Waals surface area (Å²) >= 11 is 0. The van der Waals surface area contributed by atoms with Gasteiger partial charge in [0.15, 0.2) is 0 Å². The highest BCUT2D eigenvalue weighted by molar-refractivity contribution is 5.28. The van der Waals surface area contributed by atoms with Crippen molar-refractivity contribution in [1.29, 1.82) is 0 Å². The van der Waals surface area contributed by atoms with Gasteiger partial charge in [0, 0.05) is 12.6 Å². The standard InChI is InChI=1S/C14H15NO2/c1-10-5-6-13(15-9-10)14(17)8-11-3-2-4-12(16)7-11/h2-7,9,14,16-17H,8H2,1H3. The molecule has 0 saturated carbocycles. The van der Waals surface area contributed by atoms with E-state index in [0.29, 0.717) is 12.1 Å². The zero-order chi connectivity index (χ0) is 12.3. The number of rotatable bonds is 3. The van der Waals surface area contributed by atoms with Crippen molar-refractivity contribution in [3.8, 4) is 5.75 Å². The Balaban J connectivity index is 2.11. The van der Waals surface area contributed by atoms with Crippen LogP contribution in [-0.2, 0) is 6.42 Å². The monoisotopic (exact) mass is 229 g/mol. The Labute approximate surface area is 100 Å². The number of pyridine rings is 1. The molecule has 1 aromatic carbocycles. The lowest BCUT2D eigenvalue weighted by Crippen LogP contribution is -2.04. The van der Waals surface area contributed by atoms with Crippen LogP contribution in [0.1, 0.15) is 22.9 Å². The number of aliphatic hydroxyl groups is 1. The van der Waals surface area contributed by atoms with Gasteiger partial charge >= 0.3 is 0 Å². The molecule has 2 rings (SSSR count). The first-order chi connectivity index (χ1) is 8.15. The van der Waals surface area contributed by atoms with Crippen molar-refractivity contribution in [1.82, 2.24) is 4.98 Å². The van der Waals surface area contributed by atoms with Crippen molar-refractivity contribution in [3.05, 3.63) is 59.4 Å². The minimum Gasteiger partial charge on any atom is -0.508 e. The average Bonchev–Trinajstić information content (AvgIpc) is 2.29. The van der Waals surface area contributed by atoms with Gasteiger partial charge in [-0.05, 0) is 36.2 Å². The molecule has 2 N–H and O–H groups in total. The Morgan fingerprint density at radius 2 is 2.06 bits per heavy atom. The Hall–Kier alpha value is -1.87. The van der Waals surface area contributed by atoms with E-state index in [9.17, 15) is 10.2 Å². The molecule has 1 unspecified atom stereocenters. The first-order valence-corrected chi connectivity index (χ1v) is 5.53. The van der Waals surface area contributed by atoms with Crippen LogP contribution in [0.2, 0.25) is 0 Å². The third-order valence-corrected chi connectivity index (χ3v) is 2.62. The van der Waals surface area contributed by atoms with E-state index in [2.05, 4.69) is 4.98 Å². The summed E-state index contributed by atoms with van der Waals surface area (Å²) in [6, 6.07) is 10.6. The van der Waals surface area contributed by atoms with Gasteiger partial charge in [-0.2, -0.15) is 0 Å². The molecule has 0 fully saturated rings. The molecule has 3 heteroatoms. The lowest BCUT2D eigenvalue weighted by molar-refractivity contribution is 0.173. The highest BCUT2D eigenvalue weighted by Crippen LogP contribution is 2.19. The SMILES string of the molecule is Cc1ccc(C(O)Cc2cccc(O)c2)nc1. The fourth-order valence-electron chi connectivity index (χ4n) is 1.69. The molecule has 0 aliphatic carbocycles. The largest absolute Gasteiger partial charge is 0.508 e. The molecule has 17 heavy (non-hydrogen) atoms. The van der Waals surface area contributed by atoms with E-state index < -0.39 is 6.10 Å². The number of aromatic nitrogens is 1. The summed E-state index contributed by atoms with van der Waals surface area (Å²) < 4.78 is 0. The fourth-order valence-corrected chi connectivity index (χ4v) is 1.69. The van der Waals surface area contributed by atoms with Gasteiger partial charge in [0.2, 0.25) is 0 Å². The maximum absolute atomic E-state index is 10.0. The first kappa shape index (κ1) is 11.6. The van der Waals surface area contributed by atoms with Crippen molar-refractivity contribution in [2.45, 2.75) is 19.4 Å².